The summed E-state index contributed by atoms with van der Waals surface area (Å²) in [5, 5.41) is 12.7. The average molecular weight is 811 g/mol. The summed E-state index contributed by atoms with van der Waals surface area (Å²) >= 11 is 0. The van der Waals surface area contributed by atoms with E-state index >= 15 is 0 Å². The molecule has 2 aliphatic carbocycles. The Hall–Kier alpha value is -8.20. The predicted octanol–water partition coefficient (Wildman–Crippen LogP) is 16.8. The van der Waals surface area contributed by atoms with Crippen LogP contribution in [0.4, 0.5) is 0 Å². The smallest absolute Gasteiger partial charge is 0.0346 e. The van der Waals surface area contributed by atoms with Crippen molar-refractivity contribution in [3.05, 3.63) is 206 Å². The van der Waals surface area contributed by atoms with Crippen LogP contribution in [0.25, 0.3) is 143 Å². The van der Waals surface area contributed by atoms with Gasteiger partial charge in [0, 0.05) is 35.9 Å². The molecule has 10 aromatic carbocycles. The van der Waals surface area contributed by atoms with Crippen LogP contribution in [0.1, 0.15) is 11.1 Å². The number of rotatable bonds is 4. The molecule has 2 aliphatic rings. The molecule has 12 aromatic rings. The van der Waals surface area contributed by atoms with E-state index in [0.717, 1.165) is 11.1 Å². The average Bonchev–Trinajstić information content (AvgIpc) is 3.84. The molecule has 2 nitrogen and oxygen atoms in total. The maximum Gasteiger partial charge on any atom is 0.0346 e. The van der Waals surface area contributed by atoms with Crippen LogP contribution in [0.5, 0.6) is 0 Å². The minimum absolute atomic E-state index is 1.13. The lowest BCUT2D eigenvalue weighted by atomic mass is 9.84. The molecule has 0 radical (unpaired) electrons. The summed E-state index contributed by atoms with van der Waals surface area (Å²) < 4.78 is 0. The molecule has 0 spiro atoms. The highest BCUT2D eigenvalue weighted by Crippen LogP contribution is 2.58. The lowest BCUT2D eigenvalue weighted by Crippen LogP contribution is -1.92. The minimum atomic E-state index is 1.13. The molecule has 0 bridgehead atoms. The molecule has 296 valence electrons. The van der Waals surface area contributed by atoms with Gasteiger partial charge in [0.15, 0.2) is 0 Å². The molecule has 2 heteroatoms. The molecule has 2 aromatic heterocycles. The quantitative estimate of drug-likeness (QED) is 0.166. The molecule has 0 atom stereocenters. The number of hydrogen-bond donors (Lipinski definition) is 0. The highest BCUT2D eigenvalue weighted by Gasteiger charge is 2.31. The highest BCUT2D eigenvalue weighted by atomic mass is 14.6. The summed E-state index contributed by atoms with van der Waals surface area (Å²) in [5.41, 5.74) is 22.7. The highest BCUT2D eigenvalue weighted by molar-refractivity contribution is 6.31. The summed E-state index contributed by atoms with van der Waals surface area (Å²) in [4.78, 5) is 9.37. The fourth-order valence-electron chi connectivity index (χ4n) is 11.7. The summed E-state index contributed by atoms with van der Waals surface area (Å²) in [5.74, 6) is 0. The number of fused-ring (bicyclic) bond motifs is 11. The largest absolute Gasteiger partial charge is 0.264 e. The molecular weight excluding hydrogens is 773 g/mol. The van der Waals surface area contributed by atoms with Gasteiger partial charge in [-0.25, -0.2) is 0 Å². The molecule has 0 saturated carbocycles. The summed E-state index contributed by atoms with van der Waals surface area (Å²) in [6, 6.07) is 63.7. The number of aromatic nitrogens is 2. The summed E-state index contributed by atoms with van der Waals surface area (Å²) in [7, 11) is 0. The molecule has 0 saturated heterocycles. The van der Waals surface area contributed by atoms with Crippen molar-refractivity contribution in [3.8, 4) is 89.0 Å². The van der Waals surface area contributed by atoms with Crippen molar-refractivity contribution in [1.82, 2.24) is 9.97 Å². The zero-order valence-corrected chi connectivity index (χ0v) is 35.4. The van der Waals surface area contributed by atoms with Gasteiger partial charge in [-0.2, -0.15) is 0 Å². The SMILES string of the molecule is Cc1ccccc1-c1ccc2c3c(cccc13)-c1cc3c(ccc4c5cc6c(c(-c7cccnc7)c5ccc34)-c3ccc(-c4ccccc4C)c4cccc-6c34)c(-c3cccnc3)c1-2. The number of hydrogen-bond acceptors (Lipinski definition) is 2. The van der Waals surface area contributed by atoms with Gasteiger partial charge >= 0.3 is 0 Å². The maximum absolute atomic E-state index is 4.68. The molecule has 0 fully saturated rings. The van der Waals surface area contributed by atoms with Crippen LogP contribution < -0.4 is 0 Å². The molecular formula is C62H38N2. The van der Waals surface area contributed by atoms with Crippen molar-refractivity contribution in [3.63, 3.8) is 0 Å². The molecule has 14 rings (SSSR count). The van der Waals surface area contributed by atoms with Gasteiger partial charge in [0.2, 0.25) is 0 Å². The van der Waals surface area contributed by atoms with Crippen LogP contribution in [-0.4, -0.2) is 9.97 Å². The first-order valence-electron chi connectivity index (χ1n) is 22.2. The predicted molar refractivity (Wildman–Crippen MR) is 270 cm³/mol. The van der Waals surface area contributed by atoms with Crippen LogP contribution >= 0.6 is 0 Å². The van der Waals surface area contributed by atoms with Crippen molar-refractivity contribution in [1.29, 1.82) is 0 Å². The van der Waals surface area contributed by atoms with Crippen molar-refractivity contribution in [2.45, 2.75) is 13.8 Å². The van der Waals surface area contributed by atoms with Crippen LogP contribution in [-0.2, 0) is 0 Å². The minimum Gasteiger partial charge on any atom is -0.264 e. The van der Waals surface area contributed by atoms with Crippen molar-refractivity contribution < 1.29 is 0 Å². The van der Waals surface area contributed by atoms with Crippen molar-refractivity contribution in [2.24, 2.45) is 0 Å². The lowest BCUT2D eigenvalue weighted by Gasteiger charge is -2.19. The number of aryl methyl sites for hydroxylation is 2. The van der Waals surface area contributed by atoms with Crippen molar-refractivity contribution >= 4 is 53.9 Å². The zero-order chi connectivity index (χ0) is 42.2. The molecule has 2 heterocycles. The number of benzene rings is 10. The van der Waals surface area contributed by atoms with Gasteiger partial charge in [0.1, 0.15) is 0 Å². The van der Waals surface area contributed by atoms with E-state index in [9.17, 15) is 0 Å². The normalized spacial score (nSPS) is 12.2. The van der Waals surface area contributed by atoms with Gasteiger partial charge in [0.05, 0.1) is 0 Å². The van der Waals surface area contributed by atoms with E-state index < -0.39 is 0 Å². The molecule has 0 unspecified atom stereocenters. The first-order chi connectivity index (χ1) is 31.6. The first-order valence-corrected chi connectivity index (χ1v) is 22.2. The van der Waals surface area contributed by atoms with E-state index in [1.165, 1.54) is 143 Å². The Kier molecular flexibility index (Phi) is 7.28. The topological polar surface area (TPSA) is 25.8 Å². The fraction of sp³-hybridized carbons (Fsp3) is 0.0323. The number of pyridine rings is 2. The fourth-order valence-corrected chi connectivity index (χ4v) is 11.7. The Morgan fingerprint density at radius 3 is 1.12 bits per heavy atom. The third-order valence-electron chi connectivity index (χ3n) is 14.4. The summed E-state index contributed by atoms with van der Waals surface area (Å²) in [6.07, 6.45) is 7.82. The second kappa shape index (κ2) is 13.2. The second-order valence-electron chi connectivity index (χ2n) is 17.7. The first kappa shape index (κ1) is 35.4. The Balaban J connectivity index is 1.07. The van der Waals surface area contributed by atoms with E-state index in [0.29, 0.717) is 0 Å². The van der Waals surface area contributed by atoms with Gasteiger partial charge in [0.25, 0.3) is 0 Å². The van der Waals surface area contributed by atoms with Crippen LogP contribution in [0.15, 0.2) is 195 Å². The van der Waals surface area contributed by atoms with E-state index in [4.69, 9.17) is 0 Å². The molecule has 0 amide bonds. The van der Waals surface area contributed by atoms with E-state index in [1.807, 2.05) is 24.8 Å². The van der Waals surface area contributed by atoms with Crippen LogP contribution in [0, 0.1) is 13.8 Å². The van der Waals surface area contributed by atoms with Crippen molar-refractivity contribution in [2.75, 3.05) is 0 Å². The summed E-state index contributed by atoms with van der Waals surface area (Å²) in [6.45, 7) is 4.43. The number of nitrogens with zero attached hydrogens (tertiary/aromatic N) is 2. The Labute approximate surface area is 370 Å². The Morgan fingerprint density at radius 2 is 0.688 bits per heavy atom. The second-order valence-corrected chi connectivity index (χ2v) is 17.7. The molecule has 0 aliphatic heterocycles. The third kappa shape index (κ3) is 4.74. The van der Waals surface area contributed by atoms with E-state index in [-0.39, 0.29) is 0 Å². The van der Waals surface area contributed by atoms with Gasteiger partial charge in [-0.3, -0.25) is 9.97 Å². The van der Waals surface area contributed by atoms with Crippen LogP contribution in [0.3, 0.4) is 0 Å². The lowest BCUT2D eigenvalue weighted by molar-refractivity contribution is 1.33. The monoisotopic (exact) mass is 810 g/mol. The van der Waals surface area contributed by atoms with Crippen LogP contribution in [0.2, 0.25) is 0 Å². The molecule has 0 N–H and O–H groups in total. The molecule has 64 heavy (non-hydrogen) atoms. The Bertz CT molecular complexity index is 3750. The van der Waals surface area contributed by atoms with Gasteiger partial charge < -0.3 is 0 Å². The van der Waals surface area contributed by atoms with Gasteiger partial charge in [-0.15, -0.1) is 0 Å². The van der Waals surface area contributed by atoms with Gasteiger partial charge in [-0.1, -0.05) is 146 Å². The van der Waals surface area contributed by atoms with E-state index in [1.54, 1.807) is 0 Å². The third-order valence-corrected chi connectivity index (χ3v) is 14.4. The zero-order valence-electron chi connectivity index (χ0n) is 35.4. The van der Waals surface area contributed by atoms with E-state index in [2.05, 4.69) is 194 Å². The Morgan fingerprint density at radius 1 is 0.266 bits per heavy atom. The standard InChI is InChI=1S/C62H38N2/c1-35-11-3-5-15-39(35)41-23-27-51-59-45(41)17-7-19-47(59)55-31-53-43-22-26-50-54(44(43)21-25-49(53)57(61(51)55)37-13-9-29-63-33-37)32-56-48-20-8-18-46-42(40-16-6-4-12-36(40)2)24-28-52(60(46)48)62(56)58(50)38-14-10-30-64-34-38/h3-34H,1-2H3. The maximum atomic E-state index is 4.68. The van der Waals surface area contributed by atoms with Gasteiger partial charge in [-0.05, 0) is 181 Å².